The highest BCUT2D eigenvalue weighted by atomic mass is 16.5. The van der Waals surface area contributed by atoms with E-state index in [2.05, 4.69) is 10.3 Å². The Kier molecular flexibility index (Phi) is 7.71. The number of benzene rings is 1. The van der Waals surface area contributed by atoms with Gasteiger partial charge in [0.2, 0.25) is 11.8 Å². The second-order valence-electron chi connectivity index (χ2n) is 8.41. The number of carbonyl (C=O) groups excluding carboxylic acids is 2. The van der Waals surface area contributed by atoms with Gasteiger partial charge in [-0.25, -0.2) is 4.98 Å². The molecule has 0 unspecified atom stereocenters. The zero-order valence-electron chi connectivity index (χ0n) is 19.2. The lowest BCUT2D eigenvalue weighted by Gasteiger charge is -2.33. The minimum absolute atomic E-state index is 0.00174. The van der Waals surface area contributed by atoms with E-state index in [1.807, 2.05) is 18.7 Å². The number of likely N-dealkylation sites (tertiary alicyclic amines) is 1. The van der Waals surface area contributed by atoms with E-state index in [1.165, 1.54) is 25.1 Å². The minimum Gasteiger partial charge on any atom is -0.493 e. The summed E-state index contributed by atoms with van der Waals surface area (Å²) in [7, 11) is 3.05. The highest BCUT2D eigenvalue weighted by Gasteiger charge is 2.25. The smallest absolute Gasteiger partial charge is 0.261 e. The van der Waals surface area contributed by atoms with Crippen LogP contribution in [-0.4, -0.2) is 59.6 Å². The quantitative estimate of drug-likeness (QED) is 0.668. The number of piperidine rings is 1. The van der Waals surface area contributed by atoms with Crippen molar-refractivity contribution in [3.63, 3.8) is 0 Å². The third-order valence-corrected chi connectivity index (χ3v) is 5.76. The van der Waals surface area contributed by atoms with Gasteiger partial charge in [-0.2, -0.15) is 0 Å². The molecule has 9 heteroatoms. The lowest BCUT2D eigenvalue weighted by atomic mass is 10.0. The van der Waals surface area contributed by atoms with E-state index in [-0.39, 0.29) is 29.3 Å². The number of aryl methyl sites for hydroxylation is 1. The molecule has 0 bridgehead atoms. The van der Waals surface area contributed by atoms with Crippen LogP contribution in [0, 0.1) is 5.92 Å². The van der Waals surface area contributed by atoms with Crippen LogP contribution in [-0.2, 0) is 16.1 Å². The molecule has 0 aliphatic carbocycles. The summed E-state index contributed by atoms with van der Waals surface area (Å²) in [4.78, 5) is 43.7. The van der Waals surface area contributed by atoms with E-state index in [0.717, 1.165) is 12.8 Å². The SMILES string of the molecule is COc1cc2ncn(CCCC(=O)N3CCC[C@H](NC(=O)C(C)C)C3)c(=O)c2cc1OC. The van der Waals surface area contributed by atoms with E-state index < -0.39 is 0 Å². The van der Waals surface area contributed by atoms with Gasteiger partial charge in [-0.3, -0.25) is 19.0 Å². The number of aromatic nitrogens is 2. The summed E-state index contributed by atoms with van der Waals surface area (Å²) in [5.41, 5.74) is 0.348. The fraction of sp³-hybridized carbons (Fsp3) is 0.565. The first kappa shape index (κ1) is 23.6. The van der Waals surface area contributed by atoms with Crippen molar-refractivity contribution in [3.05, 3.63) is 28.8 Å². The summed E-state index contributed by atoms with van der Waals surface area (Å²) in [5.74, 6) is 0.968. The number of nitrogens with zero attached hydrogens (tertiary/aromatic N) is 3. The average Bonchev–Trinajstić information content (AvgIpc) is 2.79. The van der Waals surface area contributed by atoms with Crippen molar-refractivity contribution in [2.24, 2.45) is 5.92 Å². The Morgan fingerprint density at radius 2 is 1.94 bits per heavy atom. The number of carbonyl (C=O) groups is 2. The first-order valence-corrected chi connectivity index (χ1v) is 11.0. The number of fused-ring (bicyclic) bond motifs is 1. The van der Waals surface area contributed by atoms with Crippen LogP contribution >= 0.6 is 0 Å². The van der Waals surface area contributed by atoms with Gasteiger partial charge in [-0.15, -0.1) is 0 Å². The molecule has 2 amide bonds. The number of hydrogen-bond acceptors (Lipinski definition) is 6. The van der Waals surface area contributed by atoms with E-state index >= 15 is 0 Å². The lowest BCUT2D eigenvalue weighted by Crippen LogP contribution is -2.50. The Hall–Kier alpha value is -3.10. The molecule has 1 fully saturated rings. The van der Waals surface area contributed by atoms with Crippen molar-refractivity contribution in [3.8, 4) is 11.5 Å². The predicted molar refractivity (Wildman–Crippen MR) is 121 cm³/mol. The molecular weight excluding hydrogens is 412 g/mol. The second kappa shape index (κ2) is 10.5. The summed E-state index contributed by atoms with van der Waals surface area (Å²) >= 11 is 0. The Bertz CT molecular complexity index is 1030. The molecular formula is C23H32N4O5. The summed E-state index contributed by atoms with van der Waals surface area (Å²) in [5, 5.41) is 3.46. The maximum absolute atomic E-state index is 12.9. The van der Waals surface area contributed by atoms with Gasteiger partial charge in [-0.05, 0) is 25.3 Å². The standard InChI is InChI=1S/C23H32N4O5/c1-15(2)22(29)25-16-7-5-9-26(13-16)21(28)8-6-10-27-14-24-18-12-20(32-4)19(31-3)11-17(18)23(27)30/h11-12,14-16H,5-10,13H2,1-4H3,(H,25,29)/t16-/m0/s1. The fourth-order valence-corrected chi connectivity index (χ4v) is 3.89. The molecule has 0 saturated carbocycles. The van der Waals surface area contributed by atoms with Crippen LogP contribution in [0.3, 0.4) is 0 Å². The van der Waals surface area contributed by atoms with Crippen molar-refractivity contribution >= 4 is 22.7 Å². The summed E-state index contributed by atoms with van der Waals surface area (Å²) in [6, 6.07) is 3.31. The molecule has 1 aliphatic heterocycles. The summed E-state index contributed by atoms with van der Waals surface area (Å²) in [6.45, 7) is 5.35. The molecule has 0 radical (unpaired) electrons. The Morgan fingerprint density at radius 1 is 1.22 bits per heavy atom. The third-order valence-electron chi connectivity index (χ3n) is 5.76. The van der Waals surface area contributed by atoms with Gasteiger partial charge in [0, 0.05) is 44.1 Å². The molecule has 3 rings (SSSR count). The van der Waals surface area contributed by atoms with Crippen LogP contribution in [0.5, 0.6) is 11.5 Å². The first-order chi connectivity index (χ1) is 15.3. The van der Waals surface area contributed by atoms with Crippen molar-refractivity contribution in [1.82, 2.24) is 19.8 Å². The van der Waals surface area contributed by atoms with Gasteiger partial charge < -0.3 is 19.7 Å². The van der Waals surface area contributed by atoms with Crippen LogP contribution in [0.2, 0.25) is 0 Å². The fourth-order valence-electron chi connectivity index (χ4n) is 3.89. The van der Waals surface area contributed by atoms with Crippen LogP contribution in [0.1, 0.15) is 39.5 Å². The number of hydrogen-bond donors (Lipinski definition) is 1. The molecule has 1 atom stereocenters. The second-order valence-corrected chi connectivity index (χ2v) is 8.41. The van der Waals surface area contributed by atoms with Crippen LogP contribution in [0.4, 0.5) is 0 Å². The van der Waals surface area contributed by atoms with Gasteiger partial charge in [0.15, 0.2) is 11.5 Å². The van der Waals surface area contributed by atoms with E-state index in [1.54, 1.807) is 12.1 Å². The van der Waals surface area contributed by atoms with E-state index in [4.69, 9.17) is 9.47 Å². The van der Waals surface area contributed by atoms with Crippen molar-refractivity contribution in [2.45, 2.75) is 52.1 Å². The maximum atomic E-state index is 12.9. The van der Waals surface area contributed by atoms with E-state index in [0.29, 0.717) is 54.9 Å². The van der Waals surface area contributed by atoms with Crippen molar-refractivity contribution < 1.29 is 19.1 Å². The Labute approximate surface area is 187 Å². The van der Waals surface area contributed by atoms with Crippen LogP contribution in [0.25, 0.3) is 10.9 Å². The number of rotatable bonds is 8. The highest BCUT2D eigenvalue weighted by Crippen LogP contribution is 2.29. The molecule has 1 aromatic heterocycles. The molecule has 0 spiro atoms. The monoisotopic (exact) mass is 444 g/mol. The van der Waals surface area contributed by atoms with Crippen molar-refractivity contribution in [1.29, 1.82) is 0 Å². The normalized spacial score (nSPS) is 16.3. The molecule has 1 N–H and O–H groups in total. The summed E-state index contributed by atoms with van der Waals surface area (Å²) in [6.07, 6.45) is 4.11. The highest BCUT2D eigenvalue weighted by molar-refractivity contribution is 5.81. The molecule has 2 heterocycles. The molecule has 1 saturated heterocycles. The van der Waals surface area contributed by atoms with Crippen LogP contribution < -0.4 is 20.3 Å². The largest absolute Gasteiger partial charge is 0.493 e. The molecule has 1 aromatic carbocycles. The zero-order chi connectivity index (χ0) is 23.3. The number of methoxy groups -OCH3 is 2. The molecule has 1 aliphatic rings. The predicted octanol–water partition coefficient (Wildman–Crippen LogP) is 1.96. The molecule has 2 aromatic rings. The first-order valence-electron chi connectivity index (χ1n) is 11.0. The number of nitrogens with one attached hydrogen (secondary N) is 1. The van der Waals surface area contributed by atoms with Crippen LogP contribution in [0.15, 0.2) is 23.3 Å². The van der Waals surface area contributed by atoms with Gasteiger partial charge in [0.1, 0.15) is 0 Å². The Balaban J connectivity index is 1.60. The van der Waals surface area contributed by atoms with E-state index in [9.17, 15) is 14.4 Å². The van der Waals surface area contributed by atoms with Gasteiger partial charge in [-0.1, -0.05) is 13.8 Å². The van der Waals surface area contributed by atoms with Gasteiger partial charge in [0.05, 0.1) is 31.4 Å². The molecule has 32 heavy (non-hydrogen) atoms. The maximum Gasteiger partial charge on any atom is 0.261 e. The lowest BCUT2D eigenvalue weighted by molar-refractivity contribution is -0.134. The minimum atomic E-state index is -0.183. The zero-order valence-corrected chi connectivity index (χ0v) is 19.2. The third kappa shape index (κ3) is 5.38. The van der Waals surface area contributed by atoms with Crippen molar-refractivity contribution in [2.75, 3.05) is 27.3 Å². The van der Waals surface area contributed by atoms with Gasteiger partial charge in [0.25, 0.3) is 5.56 Å². The average molecular weight is 445 g/mol. The Morgan fingerprint density at radius 3 is 2.62 bits per heavy atom. The molecule has 174 valence electrons. The number of amides is 2. The van der Waals surface area contributed by atoms with Gasteiger partial charge >= 0.3 is 0 Å². The topological polar surface area (TPSA) is 103 Å². The summed E-state index contributed by atoms with van der Waals surface area (Å²) < 4.78 is 12.1. The molecule has 9 nitrogen and oxygen atoms in total. The number of ether oxygens (including phenoxy) is 2.